The number of benzene rings is 2. The predicted octanol–water partition coefficient (Wildman–Crippen LogP) is 6.69. The standard InChI is InChI=1S/C23H17F6NO/c1-2-31-23(29)21(27)15-7-6-14(17(24)9-15)5-3-13-4-8-20(30-12-13)16-10-18(25)22(28)19(26)11-16/h4,6-12H,2-3,5H2,1H3/b23-21-. The SMILES string of the molecule is CCO/C(F)=C(\F)c1ccc(CCc2ccc(-c3cc(F)c(F)c(F)c3)nc2)c(F)c1. The Morgan fingerprint density at radius 1 is 0.871 bits per heavy atom. The summed E-state index contributed by atoms with van der Waals surface area (Å²) in [5, 5.41) is 0. The van der Waals surface area contributed by atoms with Crippen molar-refractivity contribution in [2.75, 3.05) is 6.61 Å². The highest BCUT2D eigenvalue weighted by Gasteiger charge is 2.14. The molecule has 2 aromatic carbocycles. The Morgan fingerprint density at radius 2 is 1.58 bits per heavy atom. The molecule has 0 N–H and O–H groups in total. The van der Waals surface area contributed by atoms with Gasteiger partial charge in [0.05, 0.1) is 12.3 Å². The van der Waals surface area contributed by atoms with Gasteiger partial charge in [-0.2, -0.15) is 8.78 Å². The highest BCUT2D eigenvalue weighted by atomic mass is 19.2. The van der Waals surface area contributed by atoms with Gasteiger partial charge in [-0.05, 0) is 55.2 Å². The maximum atomic E-state index is 14.3. The number of nitrogens with zero attached hydrogens (tertiary/aromatic N) is 1. The number of rotatable bonds is 7. The molecule has 0 aliphatic heterocycles. The summed E-state index contributed by atoms with van der Waals surface area (Å²) in [4.78, 5) is 4.11. The molecule has 0 amide bonds. The first-order valence-electron chi connectivity index (χ1n) is 9.36. The molecule has 0 unspecified atom stereocenters. The van der Waals surface area contributed by atoms with Gasteiger partial charge in [-0.15, -0.1) is 0 Å². The average molecular weight is 437 g/mol. The molecule has 0 fully saturated rings. The second-order valence-corrected chi connectivity index (χ2v) is 6.63. The van der Waals surface area contributed by atoms with Gasteiger partial charge in [0.1, 0.15) is 5.82 Å². The van der Waals surface area contributed by atoms with Crippen LogP contribution in [-0.2, 0) is 17.6 Å². The Balaban J connectivity index is 1.70. The minimum absolute atomic E-state index is 0.0579. The average Bonchev–Trinajstić information content (AvgIpc) is 2.76. The number of hydrogen-bond donors (Lipinski definition) is 0. The number of pyridine rings is 1. The van der Waals surface area contributed by atoms with E-state index in [0.29, 0.717) is 17.5 Å². The fourth-order valence-corrected chi connectivity index (χ4v) is 2.92. The molecule has 0 saturated carbocycles. The lowest BCUT2D eigenvalue weighted by Gasteiger charge is -2.08. The molecule has 31 heavy (non-hydrogen) atoms. The van der Waals surface area contributed by atoms with Crippen LogP contribution in [0.5, 0.6) is 0 Å². The summed E-state index contributed by atoms with van der Waals surface area (Å²) in [6.45, 7) is 1.44. The van der Waals surface area contributed by atoms with Crippen LogP contribution in [0.4, 0.5) is 26.3 Å². The quantitative estimate of drug-likeness (QED) is 0.233. The molecule has 1 heterocycles. The van der Waals surface area contributed by atoms with Crippen molar-refractivity contribution in [2.24, 2.45) is 0 Å². The van der Waals surface area contributed by atoms with Crippen molar-refractivity contribution in [3.05, 3.63) is 94.6 Å². The maximum absolute atomic E-state index is 14.3. The van der Waals surface area contributed by atoms with Gasteiger partial charge in [0.25, 0.3) is 0 Å². The van der Waals surface area contributed by atoms with E-state index < -0.39 is 35.1 Å². The van der Waals surface area contributed by atoms with Crippen molar-refractivity contribution in [3.63, 3.8) is 0 Å². The molecular formula is C23H17F6NO. The lowest BCUT2D eigenvalue weighted by molar-refractivity contribution is 0.156. The van der Waals surface area contributed by atoms with E-state index in [1.807, 2.05) is 0 Å². The zero-order chi connectivity index (χ0) is 22.5. The van der Waals surface area contributed by atoms with Crippen molar-refractivity contribution < 1.29 is 31.1 Å². The lowest BCUT2D eigenvalue weighted by Crippen LogP contribution is -1.98. The topological polar surface area (TPSA) is 22.1 Å². The molecule has 0 saturated heterocycles. The zero-order valence-electron chi connectivity index (χ0n) is 16.4. The van der Waals surface area contributed by atoms with Crippen molar-refractivity contribution in [1.82, 2.24) is 4.98 Å². The normalized spacial score (nSPS) is 12.0. The van der Waals surface area contributed by atoms with Crippen molar-refractivity contribution in [3.8, 4) is 11.3 Å². The van der Waals surface area contributed by atoms with Gasteiger partial charge < -0.3 is 4.74 Å². The van der Waals surface area contributed by atoms with Crippen molar-refractivity contribution in [1.29, 1.82) is 0 Å². The lowest BCUT2D eigenvalue weighted by atomic mass is 10.0. The van der Waals surface area contributed by atoms with E-state index >= 15 is 0 Å². The second kappa shape index (κ2) is 9.68. The van der Waals surface area contributed by atoms with Gasteiger partial charge in [-0.25, -0.2) is 17.6 Å². The Morgan fingerprint density at radius 3 is 2.16 bits per heavy atom. The van der Waals surface area contributed by atoms with Gasteiger partial charge in [0.2, 0.25) is 5.83 Å². The van der Waals surface area contributed by atoms with Crippen LogP contribution in [0.1, 0.15) is 23.6 Å². The predicted molar refractivity (Wildman–Crippen MR) is 104 cm³/mol. The third kappa shape index (κ3) is 5.25. The molecule has 2 nitrogen and oxygen atoms in total. The molecule has 8 heteroatoms. The molecule has 0 aliphatic rings. The van der Waals surface area contributed by atoms with Crippen LogP contribution in [-0.4, -0.2) is 11.6 Å². The number of halogens is 6. The van der Waals surface area contributed by atoms with E-state index in [4.69, 9.17) is 0 Å². The minimum atomic E-state index is -1.55. The molecule has 0 spiro atoms. The number of aryl methyl sites for hydroxylation is 2. The van der Waals surface area contributed by atoms with Gasteiger partial charge in [0.15, 0.2) is 17.5 Å². The largest absolute Gasteiger partial charge is 0.469 e. The Hall–Kier alpha value is -3.29. The van der Waals surface area contributed by atoms with Crippen LogP contribution in [0.15, 0.2) is 54.7 Å². The fraction of sp³-hybridized carbons (Fsp3) is 0.174. The Labute approximate surface area is 174 Å². The van der Waals surface area contributed by atoms with Crippen LogP contribution in [0.3, 0.4) is 0 Å². The summed E-state index contributed by atoms with van der Waals surface area (Å²) < 4.78 is 85.8. The number of aromatic nitrogens is 1. The van der Waals surface area contributed by atoms with Crippen LogP contribution in [0.25, 0.3) is 17.1 Å². The first-order chi connectivity index (χ1) is 14.8. The molecule has 162 valence electrons. The van der Waals surface area contributed by atoms with E-state index in [1.54, 1.807) is 6.07 Å². The Bertz CT molecular complexity index is 1090. The number of ether oxygens (including phenoxy) is 1. The van der Waals surface area contributed by atoms with Gasteiger partial charge in [0, 0.05) is 17.3 Å². The molecule has 3 aromatic rings. The van der Waals surface area contributed by atoms with Crippen molar-refractivity contribution in [2.45, 2.75) is 19.8 Å². The van der Waals surface area contributed by atoms with E-state index in [-0.39, 0.29) is 29.8 Å². The summed E-state index contributed by atoms with van der Waals surface area (Å²) in [5.74, 6) is -6.15. The second-order valence-electron chi connectivity index (χ2n) is 6.63. The van der Waals surface area contributed by atoms with Gasteiger partial charge in [-0.3, -0.25) is 4.98 Å². The molecular weight excluding hydrogens is 420 g/mol. The monoisotopic (exact) mass is 437 g/mol. The Kier molecular flexibility index (Phi) is 6.99. The molecule has 0 atom stereocenters. The maximum Gasteiger partial charge on any atom is 0.309 e. The third-order valence-corrected chi connectivity index (χ3v) is 4.54. The molecule has 0 aliphatic carbocycles. The van der Waals surface area contributed by atoms with Crippen LogP contribution >= 0.6 is 0 Å². The molecule has 0 bridgehead atoms. The number of hydrogen-bond acceptors (Lipinski definition) is 2. The summed E-state index contributed by atoms with van der Waals surface area (Å²) >= 11 is 0. The highest BCUT2D eigenvalue weighted by molar-refractivity contribution is 5.60. The summed E-state index contributed by atoms with van der Waals surface area (Å²) in [5.41, 5.74) is 1.07. The first-order valence-corrected chi connectivity index (χ1v) is 9.36. The minimum Gasteiger partial charge on any atom is -0.469 e. The van der Waals surface area contributed by atoms with Crippen LogP contribution < -0.4 is 0 Å². The fourth-order valence-electron chi connectivity index (χ4n) is 2.92. The molecule has 0 radical (unpaired) electrons. The summed E-state index contributed by atoms with van der Waals surface area (Å²) in [6, 6.07) is 6.95. The van der Waals surface area contributed by atoms with Crippen LogP contribution in [0, 0.1) is 23.3 Å². The van der Waals surface area contributed by atoms with Gasteiger partial charge >= 0.3 is 6.01 Å². The molecule has 1 aromatic heterocycles. The zero-order valence-corrected chi connectivity index (χ0v) is 16.4. The van der Waals surface area contributed by atoms with Gasteiger partial charge in [-0.1, -0.05) is 18.2 Å². The summed E-state index contributed by atoms with van der Waals surface area (Å²) in [6.07, 6.45) is 2.09. The van der Waals surface area contributed by atoms with Crippen molar-refractivity contribution >= 4 is 5.83 Å². The summed E-state index contributed by atoms with van der Waals surface area (Å²) in [7, 11) is 0. The third-order valence-electron chi connectivity index (χ3n) is 4.54. The van der Waals surface area contributed by atoms with E-state index in [9.17, 15) is 26.3 Å². The molecule has 3 rings (SSSR count). The smallest absolute Gasteiger partial charge is 0.309 e. The van der Waals surface area contributed by atoms with Crippen LogP contribution in [0.2, 0.25) is 0 Å². The van der Waals surface area contributed by atoms with E-state index in [1.165, 1.54) is 31.3 Å². The van der Waals surface area contributed by atoms with E-state index in [2.05, 4.69) is 9.72 Å². The van der Waals surface area contributed by atoms with E-state index in [0.717, 1.165) is 18.2 Å². The first kappa shape index (κ1) is 22.4. The highest BCUT2D eigenvalue weighted by Crippen LogP contribution is 2.25.